The van der Waals surface area contributed by atoms with Gasteiger partial charge in [-0.2, -0.15) is 0 Å². The Balaban J connectivity index is 2.22. The summed E-state index contributed by atoms with van der Waals surface area (Å²) in [6, 6.07) is 24.3. The molecule has 0 amide bonds. The number of methoxy groups -OCH3 is 1. The van der Waals surface area contributed by atoms with Gasteiger partial charge in [0.15, 0.2) is 0 Å². The van der Waals surface area contributed by atoms with Gasteiger partial charge < -0.3 is 4.74 Å². The number of rotatable bonds is 2. The van der Waals surface area contributed by atoms with Gasteiger partial charge in [0, 0.05) is 23.3 Å². The maximum absolute atomic E-state index is 6.04. The van der Waals surface area contributed by atoms with Crippen LogP contribution in [0.5, 0.6) is 5.75 Å². The molecule has 22 heavy (non-hydrogen) atoms. The van der Waals surface area contributed by atoms with Crippen LogP contribution < -0.4 is 4.74 Å². The molecular weight excluding hydrogens is 272 g/mol. The fourth-order valence-electron chi connectivity index (χ4n) is 2.93. The van der Waals surface area contributed by atoms with Crippen LogP contribution in [0.1, 0.15) is 0 Å². The van der Waals surface area contributed by atoms with Crippen LogP contribution >= 0.6 is 0 Å². The van der Waals surface area contributed by atoms with Crippen LogP contribution in [-0.2, 0) is 0 Å². The molecule has 3 aromatic carbocycles. The van der Waals surface area contributed by atoms with E-state index in [-0.39, 0.29) is 0 Å². The minimum absolute atomic E-state index is 0.865. The van der Waals surface area contributed by atoms with E-state index < -0.39 is 0 Å². The van der Waals surface area contributed by atoms with Crippen LogP contribution in [0, 0.1) is 0 Å². The van der Waals surface area contributed by atoms with Gasteiger partial charge in [0.05, 0.1) is 17.9 Å². The minimum Gasteiger partial charge on any atom is -0.496 e. The number of hydrogen-bond acceptors (Lipinski definition) is 1. The van der Waals surface area contributed by atoms with Crippen molar-refractivity contribution >= 4 is 21.9 Å². The summed E-state index contributed by atoms with van der Waals surface area (Å²) in [5, 5.41) is 2.18. The summed E-state index contributed by atoms with van der Waals surface area (Å²) < 4.78 is 11.6. The molecule has 0 spiro atoms. The Hall–Kier alpha value is -2.87. The molecule has 0 radical (unpaired) electrons. The number of benzene rings is 3. The van der Waals surface area contributed by atoms with Crippen molar-refractivity contribution in [3.8, 4) is 16.9 Å². The van der Waals surface area contributed by atoms with E-state index in [1.807, 2.05) is 54.6 Å². The molecule has 1 heterocycles. The molecule has 0 N–H and O–H groups in total. The number of ether oxygens (including phenoxy) is 1. The zero-order valence-corrected chi connectivity index (χ0v) is 12.2. The average molecular weight is 287 g/mol. The lowest BCUT2D eigenvalue weighted by atomic mass is 9.96. The molecule has 0 fully saturated rings. The van der Waals surface area contributed by atoms with Crippen molar-refractivity contribution in [2.45, 2.75) is 0 Å². The third-order valence-electron chi connectivity index (χ3n) is 3.91. The first-order valence-corrected chi connectivity index (χ1v) is 7.25. The Morgan fingerprint density at radius 2 is 1.23 bits per heavy atom. The first kappa shape index (κ1) is 12.8. The SMILES string of the molecule is COc1ccccc1-c1c2ccccc2[o+]c2ccccc12. The largest absolute Gasteiger partial charge is 0.496 e. The highest BCUT2D eigenvalue weighted by molar-refractivity contribution is 6.08. The van der Waals surface area contributed by atoms with Gasteiger partial charge in [-0.25, -0.2) is 4.42 Å². The van der Waals surface area contributed by atoms with Gasteiger partial charge in [0.25, 0.3) is 0 Å². The molecule has 0 aliphatic heterocycles. The normalized spacial score (nSPS) is 11.0. The zero-order valence-electron chi connectivity index (χ0n) is 12.2. The molecule has 0 aliphatic carbocycles. The second kappa shape index (κ2) is 5.15. The van der Waals surface area contributed by atoms with E-state index in [4.69, 9.17) is 9.15 Å². The summed E-state index contributed by atoms with van der Waals surface area (Å²) in [5.41, 5.74) is 3.98. The second-order valence-electron chi connectivity index (χ2n) is 5.17. The summed E-state index contributed by atoms with van der Waals surface area (Å²) in [4.78, 5) is 0. The van der Waals surface area contributed by atoms with Crippen molar-refractivity contribution in [2.75, 3.05) is 7.11 Å². The van der Waals surface area contributed by atoms with E-state index >= 15 is 0 Å². The first-order valence-electron chi connectivity index (χ1n) is 7.25. The van der Waals surface area contributed by atoms with Crippen molar-refractivity contribution in [1.29, 1.82) is 0 Å². The highest BCUT2D eigenvalue weighted by Gasteiger charge is 2.21. The maximum atomic E-state index is 6.04. The number of fused-ring (bicyclic) bond motifs is 2. The minimum atomic E-state index is 0.865. The van der Waals surface area contributed by atoms with E-state index in [2.05, 4.69) is 18.2 Å². The maximum Gasteiger partial charge on any atom is 0.361 e. The summed E-state index contributed by atoms with van der Waals surface area (Å²) in [6.07, 6.45) is 0. The van der Waals surface area contributed by atoms with Gasteiger partial charge in [-0.3, -0.25) is 0 Å². The average Bonchev–Trinajstić information content (AvgIpc) is 2.59. The molecule has 2 nitrogen and oxygen atoms in total. The fourth-order valence-corrected chi connectivity index (χ4v) is 2.93. The summed E-state index contributed by atoms with van der Waals surface area (Å²) >= 11 is 0. The topological polar surface area (TPSA) is 20.5 Å². The van der Waals surface area contributed by atoms with Gasteiger partial charge in [0.2, 0.25) is 0 Å². The zero-order chi connectivity index (χ0) is 14.9. The van der Waals surface area contributed by atoms with Crippen molar-refractivity contribution in [3.05, 3.63) is 72.8 Å². The van der Waals surface area contributed by atoms with Gasteiger partial charge >= 0.3 is 11.2 Å². The highest BCUT2D eigenvalue weighted by atomic mass is 16.5. The van der Waals surface area contributed by atoms with Gasteiger partial charge in [-0.15, -0.1) is 0 Å². The molecule has 0 unspecified atom stereocenters. The van der Waals surface area contributed by atoms with Crippen LogP contribution in [0.4, 0.5) is 0 Å². The van der Waals surface area contributed by atoms with E-state index in [1.54, 1.807) is 7.11 Å². The van der Waals surface area contributed by atoms with Gasteiger partial charge in [0.1, 0.15) is 5.75 Å². The van der Waals surface area contributed by atoms with E-state index in [0.29, 0.717) is 0 Å². The van der Waals surface area contributed by atoms with Crippen molar-refractivity contribution in [3.63, 3.8) is 0 Å². The third kappa shape index (κ3) is 1.92. The molecule has 1 aromatic heterocycles. The quantitative estimate of drug-likeness (QED) is 0.356. The number of hydrogen-bond donors (Lipinski definition) is 0. The van der Waals surface area contributed by atoms with Crippen LogP contribution in [0.25, 0.3) is 33.1 Å². The predicted molar refractivity (Wildman–Crippen MR) is 90.1 cm³/mol. The smallest absolute Gasteiger partial charge is 0.361 e. The van der Waals surface area contributed by atoms with E-state index in [0.717, 1.165) is 38.8 Å². The Bertz CT molecular complexity index is 919. The highest BCUT2D eigenvalue weighted by Crippen LogP contribution is 2.40. The Kier molecular flexibility index (Phi) is 3.01. The van der Waals surface area contributed by atoms with Crippen LogP contribution in [-0.4, -0.2) is 7.11 Å². The molecule has 0 aliphatic rings. The summed E-state index contributed by atoms with van der Waals surface area (Å²) in [7, 11) is 1.70. The Morgan fingerprint density at radius 3 is 1.86 bits per heavy atom. The van der Waals surface area contributed by atoms with Crippen LogP contribution in [0.3, 0.4) is 0 Å². The third-order valence-corrected chi connectivity index (χ3v) is 3.91. The van der Waals surface area contributed by atoms with Gasteiger partial charge in [-0.1, -0.05) is 42.5 Å². The molecule has 0 atom stereocenters. The molecule has 0 bridgehead atoms. The molecule has 0 saturated heterocycles. The first-order chi connectivity index (χ1) is 10.9. The Labute approximate surface area is 128 Å². The second-order valence-corrected chi connectivity index (χ2v) is 5.17. The number of para-hydroxylation sites is 3. The fraction of sp³-hybridized carbons (Fsp3) is 0.0500. The van der Waals surface area contributed by atoms with Gasteiger partial charge in [-0.05, 0) is 18.2 Å². The van der Waals surface area contributed by atoms with E-state index in [1.165, 1.54) is 0 Å². The van der Waals surface area contributed by atoms with Crippen molar-refractivity contribution in [1.82, 2.24) is 0 Å². The predicted octanol–water partition coefficient (Wildman–Crippen LogP) is 5.54. The van der Waals surface area contributed by atoms with Crippen molar-refractivity contribution in [2.24, 2.45) is 0 Å². The Morgan fingerprint density at radius 1 is 0.682 bits per heavy atom. The molecular formula is C20H15O2+. The summed E-state index contributed by atoms with van der Waals surface area (Å²) in [6.45, 7) is 0. The monoisotopic (exact) mass is 287 g/mol. The lowest BCUT2D eigenvalue weighted by Gasteiger charge is -2.10. The van der Waals surface area contributed by atoms with Crippen LogP contribution in [0.15, 0.2) is 77.2 Å². The molecule has 2 heteroatoms. The molecule has 4 aromatic rings. The van der Waals surface area contributed by atoms with Crippen LogP contribution in [0.2, 0.25) is 0 Å². The molecule has 106 valence electrons. The lowest BCUT2D eigenvalue weighted by molar-refractivity contribution is 0.416. The summed E-state index contributed by atoms with van der Waals surface area (Å²) in [5.74, 6) is 0.865. The molecule has 0 saturated carbocycles. The molecule has 4 rings (SSSR count). The van der Waals surface area contributed by atoms with Crippen molar-refractivity contribution < 1.29 is 9.15 Å². The lowest BCUT2D eigenvalue weighted by Crippen LogP contribution is -1.90. The van der Waals surface area contributed by atoms with E-state index in [9.17, 15) is 0 Å². The standard InChI is InChI=1S/C20H15O2/c1-21-17-11-5-2-8-14(17)20-15-9-3-6-12-18(15)22-19-13-7-4-10-16(19)20/h2-13H,1H3/q+1.